The highest BCUT2D eigenvalue weighted by Gasteiger charge is 2.13. The Kier molecular flexibility index (Phi) is 4.58. The summed E-state index contributed by atoms with van der Waals surface area (Å²) in [4.78, 5) is 0. The van der Waals surface area contributed by atoms with Gasteiger partial charge in [-0.3, -0.25) is 0 Å². The molecule has 0 radical (unpaired) electrons. The van der Waals surface area contributed by atoms with Crippen molar-refractivity contribution < 1.29 is 9.84 Å². The van der Waals surface area contributed by atoms with Crippen molar-refractivity contribution in [3.63, 3.8) is 0 Å². The second kappa shape index (κ2) is 5.54. The second-order valence-electron chi connectivity index (χ2n) is 5.79. The molecule has 0 bridgehead atoms. The molecule has 2 unspecified atom stereocenters. The summed E-state index contributed by atoms with van der Waals surface area (Å²) in [5.74, 6) is 0.867. The maximum absolute atomic E-state index is 9.27. The van der Waals surface area contributed by atoms with Crippen LogP contribution in [0.2, 0.25) is 0 Å². The highest BCUT2D eigenvalue weighted by atomic mass is 16.5. The van der Waals surface area contributed by atoms with Crippen LogP contribution in [0.1, 0.15) is 46.6 Å². The van der Waals surface area contributed by atoms with Crippen molar-refractivity contribution in [3.05, 3.63) is 29.8 Å². The zero-order valence-electron chi connectivity index (χ0n) is 11.5. The normalized spacial score (nSPS) is 15.4. The number of ether oxygens (including phenoxy) is 1. The summed E-state index contributed by atoms with van der Waals surface area (Å²) in [6.07, 6.45) is 0.371. The van der Waals surface area contributed by atoms with Gasteiger partial charge in [0.1, 0.15) is 5.75 Å². The fourth-order valence-electron chi connectivity index (χ4n) is 1.79. The van der Waals surface area contributed by atoms with E-state index in [0.717, 1.165) is 5.75 Å². The summed E-state index contributed by atoms with van der Waals surface area (Å²) in [6, 6.07) is 8.20. The molecule has 0 saturated heterocycles. The number of aliphatic hydroxyl groups excluding tert-OH is 1. The zero-order chi connectivity index (χ0) is 13.1. The van der Waals surface area contributed by atoms with Crippen molar-refractivity contribution in [1.29, 1.82) is 0 Å². The van der Waals surface area contributed by atoms with Crippen molar-refractivity contribution in [1.82, 2.24) is 0 Å². The average molecular weight is 236 g/mol. The Bertz CT molecular complexity index is 333. The maximum atomic E-state index is 9.27. The van der Waals surface area contributed by atoms with Crippen LogP contribution in [0.4, 0.5) is 0 Å². The second-order valence-corrected chi connectivity index (χ2v) is 5.79. The van der Waals surface area contributed by atoms with Gasteiger partial charge in [0.25, 0.3) is 0 Å². The molecule has 1 aromatic carbocycles. The lowest BCUT2D eigenvalue weighted by atomic mass is 9.87. The van der Waals surface area contributed by atoms with E-state index in [1.165, 1.54) is 5.56 Å². The first-order chi connectivity index (χ1) is 7.79. The monoisotopic (exact) mass is 236 g/mol. The van der Waals surface area contributed by atoms with E-state index < -0.39 is 0 Å². The van der Waals surface area contributed by atoms with E-state index in [1.807, 2.05) is 19.1 Å². The van der Waals surface area contributed by atoms with Gasteiger partial charge in [0.2, 0.25) is 0 Å². The molecule has 0 fully saturated rings. The summed E-state index contributed by atoms with van der Waals surface area (Å²) in [7, 11) is 0. The van der Waals surface area contributed by atoms with Crippen molar-refractivity contribution in [2.45, 2.75) is 58.7 Å². The lowest BCUT2D eigenvalue weighted by Gasteiger charge is -2.20. The third-order valence-corrected chi connectivity index (χ3v) is 2.73. The lowest BCUT2D eigenvalue weighted by Crippen LogP contribution is -2.18. The molecular formula is C15H24O2. The Morgan fingerprint density at radius 1 is 1.12 bits per heavy atom. The minimum absolute atomic E-state index is 0.0375. The van der Waals surface area contributed by atoms with E-state index in [1.54, 1.807) is 6.92 Å². The van der Waals surface area contributed by atoms with Gasteiger partial charge in [0.05, 0.1) is 12.2 Å². The van der Waals surface area contributed by atoms with Gasteiger partial charge < -0.3 is 9.84 Å². The van der Waals surface area contributed by atoms with E-state index >= 15 is 0 Å². The maximum Gasteiger partial charge on any atom is 0.119 e. The van der Waals surface area contributed by atoms with Crippen molar-refractivity contribution >= 4 is 0 Å². The van der Waals surface area contributed by atoms with Crippen molar-refractivity contribution in [2.75, 3.05) is 0 Å². The topological polar surface area (TPSA) is 29.5 Å². The number of hydrogen-bond acceptors (Lipinski definition) is 2. The fourth-order valence-corrected chi connectivity index (χ4v) is 1.79. The molecule has 1 rings (SSSR count). The highest BCUT2D eigenvalue weighted by Crippen LogP contribution is 2.24. The first-order valence-electron chi connectivity index (χ1n) is 6.24. The zero-order valence-corrected chi connectivity index (χ0v) is 11.5. The number of aliphatic hydroxyl groups is 1. The largest absolute Gasteiger partial charge is 0.491 e. The van der Waals surface area contributed by atoms with Gasteiger partial charge in [-0.15, -0.1) is 0 Å². The fraction of sp³-hybridized carbons (Fsp3) is 0.600. The quantitative estimate of drug-likeness (QED) is 0.866. The van der Waals surface area contributed by atoms with Gasteiger partial charge in [-0.05, 0) is 37.0 Å². The predicted molar refractivity (Wildman–Crippen MR) is 71.5 cm³/mol. The van der Waals surface area contributed by atoms with Crippen LogP contribution in [0.5, 0.6) is 5.75 Å². The van der Waals surface area contributed by atoms with Crippen LogP contribution in [0.25, 0.3) is 0 Å². The van der Waals surface area contributed by atoms with Gasteiger partial charge in [-0.1, -0.05) is 32.9 Å². The molecule has 2 atom stereocenters. The van der Waals surface area contributed by atoms with E-state index in [-0.39, 0.29) is 17.6 Å². The molecule has 17 heavy (non-hydrogen) atoms. The molecule has 1 N–H and O–H groups in total. The molecule has 2 heteroatoms. The van der Waals surface area contributed by atoms with E-state index in [4.69, 9.17) is 4.74 Å². The van der Waals surface area contributed by atoms with Crippen molar-refractivity contribution in [2.24, 2.45) is 0 Å². The smallest absolute Gasteiger partial charge is 0.119 e. The van der Waals surface area contributed by atoms with Crippen LogP contribution in [-0.4, -0.2) is 17.3 Å². The van der Waals surface area contributed by atoms with Crippen LogP contribution >= 0.6 is 0 Å². The van der Waals surface area contributed by atoms with Crippen LogP contribution in [0, 0.1) is 0 Å². The minimum atomic E-state index is -0.321. The molecule has 0 heterocycles. The molecule has 0 saturated carbocycles. The third-order valence-electron chi connectivity index (χ3n) is 2.73. The van der Waals surface area contributed by atoms with E-state index in [2.05, 4.69) is 32.9 Å². The molecule has 0 aromatic heterocycles. The summed E-state index contributed by atoms with van der Waals surface area (Å²) in [6.45, 7) is 10.3. The van der Waals surface area contributed by atoms with Gasteiger partial charge in [-0.25, -0.2) is 0 Å². The first-order valence-corrected chi connectivity index (χ1v) is 6.24. The highest BCUT2D eigenvalue weighted by molar-refractivity contribution is 5.31. The van der Waals surface area contributed by atoms with Crippen LogP contribution in [-0.2, 0) is 5.41 Å². The Morgan fingerprint density at radius 3 is 2.06 bits per heavy atom. The molecule has 0 amide bonds. The summed E-state index contributed by atoms with van der Waals surface area (Å²) in [5, 5.41) is 9.27. The molecule has 2 nitrogen and oxygen atoms in total. The van der Waals surface area contributed by atoms with Crippen LogP contribution < -0.4 is 4.74 Å². The van der Waals surface area contributed by atoms with Gasteiger partial charge in [-0.2, -0.15) is 0 Å². The first kappa shape index (κ1) is 14.0. The molecule has 1 aromatic rings. The number of rotatable bonds is 4. The van der Waals surface area contributed by atoms with Crippen molar-refractivity contribution in [3.8, 4) is 5.75 Å². The SMILES string of the molecule is CC(O)CC(C)Oc1ccc(C(C)(C)C)cc1. The van der Waals surface area contributed by atoms with Crippen LogP contribution in [0.3, 0.4) is 0 Å². The van der Waals surface area contributed by atoms with E-state index in [0.29, 0.717) is 6.42 Å². The summed E-state index contributed by atoms with van der Waals surface area (Å²) in [5.41, 5.74) is 1.47. The van der Waals surface area contributed by atoms with E-state index in [9.17, 15) is 5.11 Å². The Balaban J connectivity index is 2.63. The molecule has 0 spiro atoms. The van der Waals surface area contributed by atoms with Gasteiger partial charge in [0.15, 0.2) is 0 Å². The predicted octanol–water partition coefficient (Wildman–Crippen LogP) is 3.52. The van der Waals surface area contributed by atoms with Gasteiger partial charge >= 0.3 is 0 Å². The molecule has 0 aliphatic rings. The molecule has 0 aliphatic carbocycles. The summed E-state index contributed by atoms with van der Waals surface area (Å²) >= 11 is 0. The third kappa shape index (κ3) is 4.78. The number of benzene rings is 1. The van der Waals surface area contributed by atoms with Crippen LogP contribution in [0.15, 0.2) is 24.3 Å². The average Bonchev–Trinajstić information content (AvgIpc) is 2.15. The standard InChI is InChI=1S/C15H24O2/c1-11(16)10-12(2)17-14-8-6-13(7-9-14)15(3,4)5/h6-9,11-12,16H,10H2,1-5H3. The Labute approximate surface area is 105 Å². The Morgan fingerprint density at radius 2 is 1.65 bits per heavy atom. The van der Waals surface area contributed by atoms with Gasteiger partial charge in [0, 0.05) is 6.42 Å². The molecule has 96 valence electrons. The molecular weight excluding hydrogens is 212 g/mol. The lowest BCUT2D eigenvalue weighted by molar-refractivity contribution is 0.115. The number of hydrogen-bond donors (Lipinski definition) is 1. The molecule has 0 aliphatic heterocycles. The minimum Gasteiger partial charge on any atom is -0.491 e. The Hall–Kier alpha value is -1.02. The summed E-state index contributed by atoms with van der Waals surface area (Å²) < 4.78 is 5.73.